The molecule has 10 heteroatoms. The van der Waals surface area contributed by atoms with Crippen LogP contribution in [0.4, 0.5) is 13.2 Å². The average Bonchev–Trinajstić information content (AvgIpc) is 3.15. The van der Waals surface area contributed by atoms with Crippen LogP contribution < -0.4 is 34.3 Å². The van der Waals surface area contributed by atoms with Gasteiger partial charge in [0.1, 0.15) is 6.61 Å². The number of hydrogen-bond acceptors (Lipinski definition) is 3. The SMILES string of the molecule is O.O=C(O)c1cccc(-c2cccc3cc(OCc4cccc(C(F)(F)F)c4)nn23)c1.[H-].[Na+]. The van der Waals surface area contributed by atoms with Gasteiger partial charge in [0, 0.05) is 11.6 Å². The van der Waals surface area contributed by atoms with Gasteiger partial charge in [-0.25, -0.2) is 9.31 Å². The second kappa shape index (κ2) is 10.2. The zero-order chi connectivity index (χ0) is 21.3. The van der Waals surface area contributed by atoms with Gasteiger partial charge in [-0.05, 0) is 42.0 Å². The van der Waals surface area contributed by atoms with Crippen LogP contribution in [0, 0.1) is 0 Å². The molecule has 162 valence electrons. The van der Waals surface area contributed by atoms with Crippen LogP contribution in [-0.2, 0) is 12.8 Å². The Morgan fingerprint density at radius 1 is 1.03 bits per heavy atom. The second-order valence-corrected chi connectivity index (χ2v) is 6.60. The number of pyridine rings is 1. The number of rotatable bonds is 5. The minimum absolute atomic E-state index is 0. The van der Waals surface area contributed by atoms with Crippen LogP contribution in [0.1, 0.15) is 22.9 Å². The maximum absolute atomic E-state index is 12.9. The predicted octanol–water partition coefficient (Wildman–Crippen LogP) is 1.59. The van der Waals surface area contributed by atoms with Gasteiger partial charge < -0.3 is 16.7 Å². The maximum atomic E-state index is 12.9. The van der Waals surface area contributed by atoms with Gasteiger partial charge in [-0.1, -0.05) is 30.3 Å². The van der Waals surface area contributed by atoms with E-state index in [1.165, 1.54) is 12.1 Å². The van der Waals surface area contributed by atoms with Gasteiger partial charge in [-0.3, -0.25) is 0 Å². The topological polar surface area (TPSA) is 95.3 Å². The van der Waals surface area contributed by atoms with Crippen LogP contribution in [-0.4, -0.2) is 26.2 Å². The van der Waals surface area contributed by atoms with Gasteiger partial charge in [0.05, 0.1) is 22.3 Å². The Balaban J connectivity index is 0.00000181. The summed E-state index contributed by atoms with van der Waals surface area (Å²) in [5, 5.41) is 13.6. The molecule has 0 spiro atoms. The third-order valence-corrected chi connectivity index (χ3v) is 4.51. The minimum atomic E-state index is -4.42. The molecule has 0 saturated carbocycles. The van der Waals surface area contributed by atoms with Crippen molar-refractivity contribution in [2.24, 2.45) is 0 Å². The average molecular weight is 454 g/mol. The molecule has 2 heterocycles. The fourth-order valence-corrected chi connectivity index (χ4v) is 3.09. The first kappa shape index (κ1) is 25.4. The second-order valence-electron chi connectivity index (χ2n) is 6.60. The van der Waals surface area contributed by atoms with Crippen molar-refractivity contribution in [2.75, 3.05) is 0 Å². The monoisotopic (exact) mass is 454 g/mol. The Morgan fingerprint density at radius 2 is 1.75 bits per heavy atom. The quantitative estimate of drug-likeness (QED) is 0.464. The number of alkyl halides is 3. The minimum Gasteiger partial charge on any atom is -1.00 e. The summed E-state index contributed by atoms with van der Waals surface area (Å²) in [6.45, 7) is -0.0718. The number of fused-ring (bicyclic) bond motifs is 1. The smallest absolute Gasteiger partial charge is 1.00 e. The summed E-state index contributed by atoms with van der Waals surface area (Å²) in [5.74, 6) is -0.788. The first-order chi connectivity index (χ1) is 14.3. The van der Waals surface area contributed by atoms with Gasteiger partial charge in [-0.2, -0.15) is 13.2 Å². The van der Waals surface area contributed by atoms with Crippen molar-refractivity contribution in [2.45, 2.75) is 12.8 Å². The van der Waals surface area contributed by atoms with Crippen LogP contribution in [0.15, 0.2) is 72.8 Å². The summed E-state index contributed by atoms with van der Waals surface area (Å²) in [5.41, 5.74) is 1.80. The molecule has 0 aliphatic heterocycles. The maximum Gasteiger partial charge on any atom is 1.00 e. The summed E-state index contributed by atoms with van der Waals surface area (Å²) in [6.07, 6.45) is -4.42. The van der Waals surface area contributed by atoms with E-state index >= 15 is 0 Å². The van der Waals surface area contributed by atoms with Gasteiger partial charge in [0.2, 0.25) is 5.88 Å². The van der Waals surface area contributed by atoms with Crippen molar-refractivity contribution < 1.29 is 64.3 Å². The first-order valence-corrected chi connectivity index (χ1v) is 8.93. The number of nitrogens with zero attached hydrogens (tertiary/aromatic N) is 2. The van der Waals surface area contributed by atoms with Gasteiger partial charge in [0.25, 0.3) is 0 Å². The molecule has 0 aliphatic rings. The molecule has 0 fully saturated rings. The zero-order valence-corrected chi connectivity index (χ0v) is 18.9. The van der Waals surface area contributed by atoms with Gasteiger partial charge in [0.15, 0.2) is 0 Å². The third kappa shape index (κ3) is 5.49. The predicted molar refractivity (Wildman–Crippen MR) is 108 cm³/mol. The van der Waals surface area contributed by atoms with E-state index in [9.17, 15) is 23.1 Å². The van der Waals surface area contributed by atoms with Crippen LogP contribution in [0.2, 0.25) is 0 Å². The molecule has 6 nitrogen and oxygen atoms in total. The van der Waals surface area contributed by atoms with Crippen molar-refractivity contribution in [1.82, 2.24) is 9.61 Å². The summed E-state index contributed by atoms with van der Waals surface area (Å²) in [6, 6.07) is 18.4. The number of carbonyl (C=O) groups is 1. The Labute approximate surface area is 204 Å². The van der Waals surface area contributed by atoms with E-state index in [4.69, 9.17) is 4.74 Å². The number of halogens is 3. The molecule has 0 radical (unpaired) electrons. The molecule has 2 aromatic carbocycles. The summed E-state index contributed by atoms with van der Waals surface area (Å²) in [4.78, 5) is 11.2. The molecule has 0 atom stereocenters. The number of ether oxygens (including phenoxy) is 1. The fourth-order valence-electron chi connectivity index (χ4n) is 3.09. The molecule has 3 N–H and O–H groups in total. The number of benzene rings is 2. The standard InChI is InChI=1S/C22H15F3N2O3.Na.H2O.H/c23-22(24,25)17-7-1-4-14(10-17)13-30-20-12-18-8-3-9-19(27(18)26-20)15-5-2-6-16(11-15)21(28)29;;;/h1-12H,13H2,(H,28,29);;1H2;/q;+1;;-1. The first-order valence-electron chi connectivity index (χ1n) is 8.93. The molecule has 0 unspecified atom stereocenters. The fraction of sp³-hybridized carbons (Fsp3) is 0.0909. The summed E-state index contributed by atoms with van der Waals surface area (Å²) in [7, 11) is 0. The molecule has 32 heavy (non-hydrogen) atoms. The van der Waals surface area contributed by atoms with E-state index in [0.29, 0.717) is 22.3 Å². The Bertz CT molecular complexity index is 1250. The van der Waals surface area contributed by atoms with Gasteiger partial charge in [-0.15, -0.1) is 5.10 Å². The molecule has 4 rings (SSSR count). The van der Waals surface area contributed by atoms with Crippen LogP contribution in [0.3, 0.4) is 0 Å². The molecule has 0 saturated heterocycles. The van der Waals surface area contributed by atoms with Crippen molar-refractivity contribution in [3.05, 3.63) is 89.5 Å². The number of carboxylic acids is 1. The summed E-state index contributed by atoms with van der Waals surface area (Å²) >= 11 is 0. The molecular formula is C22H18F3N2NaO4. The molecule has 0 aliphatic carbocycles. The Morgan fingerprint density at radius 3 is 2.47 bits per heavy atom. The van der Waals surface area contributed by atoms with E-state index < -0.39 is 17.7 Å². The van der Waals surface area contributed by atoms with Crippen LogP contribution in [0.25, 0.3) is 16.8 Å². The zero-order valence-electron chi connectivity index (χ0n) is 17.9. The van der Waals surface area contributed by atoms with Crippen molar-refractivity contribution >= 4 is 11.5 Å². The van der Waals surface area contributed by atoms with Crippen LogP contribution >= 0.6 is 0 Å². The van der Waals surface area contributed by atoms with E-state index in [2.05, 4.69) is 5.10 Å². The molecular weight excluding hydrogens is 436 g/mol. The summed E-state index contributed by atoms with van der Waals surface area (Å²) < 4.78 is 45.8. The Hall–Kier alpha value is -2.85. The van der Waals surface area contributed by atoms with E-state index in [1.807, 2.05) is 0 Å². The molecule has 4 aromatic rings. The van der Waals surface area contributed by atoms with Crippen molar-refractivity contribution in [1.29, 1.82) is 0 Å². The molecule has 2 aromatic heterocycles. The van der Waals surface area contributed by atoms with Crippen molar-refractivity contribution in [3.63, 3.8) is 0 Å². The number of carboxylic acid groups (broad SMARTS) is 1. The van der Waals surface area contributed by atoms with E-state index in [1.54, 1.807) is 53.0 Å². The number of hydrogen-bond donors (Lipinski definition) is 1. The Kier molecular flexibility index (Phi) is 8.08. The van der Waals surface area contributed by atoms with Crippen molar-refractivity contribution in [3.8, 4) is 17.1 Å². The van der Waals surface area contributed by atoms with E-state index in [-0.39, 0.29) is 54.5 Å². The van der Waals surface area contributed by atoms with E-state index in [0.717, 1.165) is 12.1 Å². The largest absolute Gasteiger partial charge is 1.00 e. The number of aromatic carboxylic acids is 1. The molecule has 0 bridgehead atoms. The molecule has 0 amide bonds. The normalized spacial score (nSPS) is 10.8. The number of aromatic nitrogens is 2. The van der Waals surface area contributed by atoms with Gasteiger partial charge >= 0.3 is 41.7 Å². The van der Waals surface area contributed by atoms with Crippen LogP contribution in [0.5, 0.6) is 5.88 Å². The third-order valence-electron chi connectivity index (χ3n) is 4.51.